The molecule has 11 heteroatoms. The van der Waals surface area contributed by atoms with Gasteiger partial charge in [0.05, 0.1) is 10.6 Å². The van der Waals surface area contributed by atoms with Gasteiger partial charge in [0.15, 0.2) is 0 Å². The van der Waals surface area contributed by atoms with Gasteiger partial charge in [-0.2, -0.15) is 0 Å². The van der Waals surface area contributed by atoms with Crippen LogP contribution in [0.1, 0.15) is 24.5 Å². The molecule has 4 aromatic carbocycles. The molecule has 0 spiro atoms. The van der Waals surface area contributed by atoms with E-state index < -0.39 is 28.5 Å². The highest BCUT2D eigenvalue weighted by molar-refractivity contribution is 7.92. The molecule has 0 fully saturated rings. The van der Waals surface area contributed by atoms with E-state index in [4.69, 9.17) is 34.8 Å². The lowest BCUT2D eigenvalue weighted by molar-refractivity contribution is -0.140. The first-order valence-corrected chi connectivity index (χ1v) is 16.6. The number of sulfonamides is 1. The molecule has 0 aliphatic carbocycles. The standard InChI is InChI=1S/C33H32Cl3N3O4S/c1-2-19-37-33(41)31(20-24-7-4-3-5-8-24)38(22-25-11-13-26(34)14-12-25)32(40)23-39(29-10-6-9-28(36)21-29)44(42,43)30-17-15-27(35)16-18-30/h3-18,21,31H,2,19-20,22-23H2,1H3,(H,37,41)/t31-/m1/s1. The number of amides is 2. The SMILES string of the molecule is CCCNC(=O)[C@@H](Cc1ccccc1)N(Cc1ccc(Cl)cc1)C(=O)CN(c1cccc(Cl)c1)S(=O)(=O)c1ccc(Cl)cc1. The smallest absolute Gasteiger partial charge is 0.264 e. The Balaban J connectivity index is 1.79. The highest BCUT2D eigenvalue weighted by Crippen LogP contribution is 2.28. The summed E-state index contributed by atoms with van der Waals surface area (Å²) in [4.78, 5) is 29.4. The first-order chi connectivity index (χ1) is 21.1. The highest BCUT2D eigenvalue weighted by atomic mass is 35.5. The lowest BCUT2D eigenvalue weighted by Gasteiger charge is -2.34. The third-order valence-corrected chi connectivity index (χ3v) is 9.39. The zero-order valence-corrected chi connectivity index (χ0v) is 27.1. The Hall–Kier alpha value is -3.56. The Bertz CT molecular complexity index is 1670. The fraction of sp³-hybridized carbons (Fsp3) is 0.212. The minimum absolute atomic E-state index is 0.0391. The summed E-state index contributed by atoms with van der Waals surface area (Å²) in [5.74, 6) is -0.919. The van der Waals surface area contributed by atoms with E-state index in [0.717, 1.165) is 15.4 Å². The quantitative estimate of drug-likeness (QED) is 0.166. The zero-order valence-electron chi connectivity index (χ0n) is 24.0. The van der Waals surface area contributed by atoms with Crippen LogP contribution in [-0.2, 0) is 32.6 Å². The van der Waals surface area contributed by atoms with E-state index in [1.165, 1.54) is 35.2 Å². The lowest BCUT2D eigenvalue weighted by atomic mass is 10.0. The van der Waals surface area contributed by atoms with E-state index in [1.807, 2.05) is 37.3 Å². The maximum Gasteiger partial charge on any atom is 0.264 e. The van der Waals surface area contributed by atoms with Crippen LogP contribution in [0.25, 0.3) is 0 Å². The molecule has 7 nitrogen and oxygen atoms in total. The number of nitrogens with one attached hydrogen (secondary N) is 1. The molecule has 0 aliphatic heterocycles. The molecule has 0 aromatic heterocycles. The summed E-state index contributed by atoms with van der Waals surface area (Å²) in [7, 11) is -4.26. The Kier molecular flexibility index (Phi) is 11.7. The molecule has 44 heavy (non-hydrogen) atoms. The highest BCUT2D eigenvalue weighted by Gasteiger charge is 2.34. The molecule has 0 saturated carbocycles. The summed E-state index contributed by atoms with van der Waals surface area (Å²) in [5.41, 5.74) is 1.76. The molecule has 0 aliphatic rings. The molecule has 230 valence electrons. The van der Waals surface area contributed by atoms with E-state index in [9.17, 15) is 18.0 Å². The summed E-state index contributed by atoms with van der Waals surface area (Å²) in [6.45, 7) is 1.81. The maximum atomic E-state index is 14.4. The maximum absolute atomic E-state index is 14.4. The van der Waals surface area contributed by atoms with Crippen LogP contribution in [0.2, 0.25) is 15.1 Å². The van der Waals surface area contributed by atoms with Crippen LogP contribution in [0.15, 0.2) is 108 Å². The summed E-state index contributed by atoms with van der Waals surface area (Å²) in [6.07, 6.45) is 0.924. The van der Waals surface area contributed by atoms with Crippen molar-refractivity contribution in [1.82, 2.24) is 10.2 Å². The Morgan fingerprint density at radius 3 is 2.02 bits per heavy atom. The summed E-state index contributed by atoms with van der Waals surface area (Å²) >= 11 is 18.4. The van der Waals surface area contributed by atoms with Crippen LogP contribution in [0.5, 0.6) is 0 Å². The minimum atomic E-state index is -4.26. The van der Waals surface area contributed by atoms with Crippen LogP contribution in [0, 0.1) is 0 Å². The molecule has 0 bridgehead atoms. The van der Waals surface area contributed by atoms with Crippen molar-refractivity contribution in [2.75, 3.05) is 17.4 Å². The molecule has 0 saturated heterocycles. The van der Waals surface area contributed by atoms with E-state index in [-0.39, 0.29) is 29.5 Å². The van der Waals surface area contributed by atoms with Gasteiger partial charge in [0, 0.05) is 34.6 Å². The van der Waals surface area contributed by atoms with Crippen molar-refractivity contribution in [3.63, 3.8) is 0 Å². The molecule has 4 aromatic rings. The number of hydrogen-bond acceptors (Lipinski definition) is 4. The van der Waals surface area contributed by atoms with Gasteiger partial charge in [-0.05, 0) is 72.1 Å². The van der Waals surface area contributed by atoms with Gasteiger partial charge in [0.2, 0.25) is 11.8 Å². The minimum Gasteiger partial charge on any atom is -0.354 e. The normalized spacial score (nSPS) is 11.9. The van der Waals surface area contributed by atoms with E-state index >= 15 is 0 Å². The number of carbonyl (C=O) groups excluding carboxylic acids is 2. The Morgan fingerprint density at radius 2 is 1.41 bits per heavy atom. The molecule has 1 atom stereocenters. The average Bonchev–Trinajstić information content (AvgIpc) is 3.01. The van der Waals surface area contributed by atoms with Crippen LogP contribution < -0.4 is 9.62 Å². The van der Waals surface area contributed by atoms with Gasteiger partial charge in [-0.3, -0.25) is 13.9 Å². The zero-order chi connectivity index (χ0) is 31.7. The van der Waals surface area contributed by atoms with Crippen molar-refractivity contribution in [2.45, 2.75) is 37.2 Å². The molecule has 0 radical (unpaired) electrons. The van der Waals surface area contributed by atoms with Crippen molar-refractivity contribution in [2.24, 2.45) is 0 Å². The van der Waals surface area contributed by atoms with Gasteiger partial charge in [-0.1, -0.05) is 90.3 Å². The summed E-state index contributed by atoms with van der Waals surface area (Å²) in [5, 5.41) is 4.11. The second-order valence-corrected chi connectivity index (χ2v) is 13.3. The Labute approximate surface area is 273 Å². The summed E-state index contributed by atoms with van der Waals surface area (Å²) < 4.78 is 29.0. The number of nitrogens with zero attached hydrogens (tertiary/aromatic N) is 2. The monoisotopic (exact) mass is 671 g/mol. The Morgan fingerprint density at radius 1 is 0.773 bits per heavy atom. The number of rotatable bonds is 13. The van der Waals surface area contributed by atoms with E-state index in [1.54, 1.807) is 42.5 Å². The number of hydrogen-bond donors (Lipinski definition) is 1. The average molecular weight is 673 g/mol. The fourth-order valence-corrected chi connectivity index (χ4v) is 6.44. The van der Waals surface area contributed by atoms with E-state index in [2.05, 4.69) is 5.32 Å². The third-order valence-electron chi connectivity index (χ3n) is 6.86. The van der Waals surface area contributed by atoms with Crippen LogP contribution >= 0.6 is 34.8 Å². The largest absolute Gasteiger partial charge is 0.354 e. The number of benzene rings is 4. The second kappa shape index (κ2) is 15.4. The third kappa shape index (κ3) is 8.76. The van der Waals surface area contributed by atoms with Gasteiger partial charge < -0.3 is 10.2 Å². The number of carbonyl (C=O) groups is 2. The van der Waals surface area contributed by atoms with Gasteiger partial charge in [0.25, 0.3) is 10.0 Å². The molecular formula is C33H32Cl3N3O4S. The molecule has 1 N–H and O–H groups in total. The fourth-order valence-electron chi connectivity index (χ4n) is 4.60. The van der Waals surface area contributed by atoms with Gasteiger partial charge in [0.1, 0.15) is 12.6 Å². The first kappa shape index (κ1) is 33.3. The predicted octanol–water partition coefficient (Wildman–Crippen LogP) is 7.01. The molecular weight excluding hydrogens is 641 g/mol. The van der Waals surface area contributed by atoms with Crippen LogP contribution in [0.3, 0.4) is 0 Å². The molecule has 0 heterocycles. The van der Waals surface area contributed by atoms with Gasteiger partial charge in [-0.25, -0.2) is 8.42 Å². The molecule has 4 rings (SSSR count). The van der Waals surface area contributed by atoms with Crippen molar-refractivity contribution >= 4 is 62.3 Å². The van der Waals surface area contributed by atoms with Crippen LogP contribution in [-0.4, -0.2) is 44.3 Å². The van der Waals surface area contributed by atoms with Crippen molar-refractivity contribution in [3.05, 3.63) is 129 Å². The second-order valence-electron chi connectivity index (χ2n) is 10.1. The van der Waals surface area contributed by atoms with Crippen molar-refractivity contribution in [1.29, 1.82) is 0 Å². The molecule has 0 unspecified atom stereocenters. The topological polar surface area (TPSA) is 86.8 Å². The molecule has 2 amide bonds. The van der Waals surface area contributed by atoms with E-state index in [0.29, 0.717) is 28.0 Å². The van der Waals surface area contributed by atoms with Crippen molar-refractivity contribution in [3.8, 4) is 0 Å². The van der Waals surface area contributed by atoms with Crippen LogP contribution in [0.4, 0.5) is 5.69 Å². The predicted molar refractivity (Wildman–Crippen MR) is 177 cm³/mol. The van der Waals surface area contributed by atoms with Gasteiger partial charge in [-0.15, -0.1) is 0 Å². The van der Waals surface area contributed by atoms with Crippen molar-refractivity contribution < 1.29 is 18.0 Å². The lowest BCUT2D eigenvalue weighted by Crippen LogP contribution is -2.53. The first-order valence-electron chi connectivity index (χ1n) is 14.0. The number of halogens is 3. The number of anilines is 1. The van der Waals surface area contributed by atoms with Gasteiger partial charge >= 0.3 is 0 Å². The summed E-state index contributed by atoms with van der Waals surface area (Å²) in [6, 6.07) is 27.3.